The van der Waals surface area contributed by atoms with E-state index in [0.717, 1.165) is 24.7 Å². The molecule has 17 heavy (non-hydrogen) atoms. The molecule has 0 aliphatic carbocycles. The molecule has 6 heteroatoms. The van der Waals surface area contributed by atoms with E-state index in [4.69, 9.17) is 10.5 Å². The minimum absolute atomic E-state index is 0.225. The van der Waals surface area contributed by atoms with Crippen molar-refractivity contribution in [3.8, 4) is 5.75 Å². The lowest BCUT2D eigenvalue weighted by molar-refractivity contribution is 0.412. The second kappa shape index (κ2) is 4.60. The number of nitrogen functional groups attached to an aromatic ring is 1. The standard InChI is InChI=1S/C11H18N4OS/c1-11(2)6-15(4-5-17-11)10-8(16-3)9(12)13-7-14-10/h7H,4-6H2,1-3H3,(H2,12,13,14). The van der Waals surface area contributed by atoms with Gasteiger partial charge >= 0.3 is 0 Å². The Labute approximate surface area is 106 Å². The summed E-state index contributed by atoms with van der Waals surface area (Å²) in [7, 11) is 1.60. The van der Waals surface area contributed by atoms with E-state index < -0.39 is 0 Å². The molecule has 2 rings (SSSR count). The van der Waals surface area contributed by atoms with Crippen LogP contribution in [0.25, 0.3) is 0 Å². The van der Waals surface area contributed by atoms with Gasteiger partial charge in [-0.25, -0.2) is 9.97 Å². The van der Waals surface area contributed by atoms with Crippen molar-refractivity contribution in [3.63, 3.8) is 0 Å². The first-order valence-electron chi connectivity index (χ1n) is 5.57. The maximum atomic E-state index is 5.80. The summed E-state index contributed by atoms with van der Waals surface area (Å²) < 4.78 is 5.52. The molecule has 0 unspecified atom stereocenters. The molecule has 1 aromatic rings. The number of hydrogen-bond donors (Lipinski definition) is 1. The summed E-state index contributed by atoms with van der Waals surface area (Å²) in [6.45, 7) is 6.37. The van der Waals surface area contributed by atoms with Crippen molar-refractivity contribution >= 4 is 23.4 Å². The number of nitrogens with zero attached hydrogens (tertiary/aromatic N) is 3. The van der Waals surface area contributed by atoms with Gasteiger partial charge in [0.15, 0.2) is 11.6 Å². The highest BCUT2D eigenvalue weighted by atomic mass is 32.2. The van der Waals surface area contributed by atoms with E-state index in [1.807, 2.05) is 11.8 Å². The summed E-state index contributed by atoms with van der Waals surface area (Å²) in [6, 6.07) is 0. The van der Waals surface area contributed by atoms with Crippen LogP contribution in [-0.2, 0) is 0 Å². The summed E-state index contributed by atoms with van der Waals surface area (Å²) in [5.74, 6) is 2.86. The van der Waals surface area contributed by atoms with E-state index in [2.05, 4.69) is 28.7 Å². The predicted molar refractivity (Wildman–Crippen MR) is 71.7 cm³/mol. The molecule has 0 amide bonds. The Hall–Kier alpha value is -1.17. The van der Waals surface area contributed by atoms with Crippen LogP contribution < -0.4 is 15.4 Å². The summed E-state index contributed by atoms with van der Waals surface area (Å²) in [5.41, 5.74) is 5.80. The van der Waals surface area contributed by atoms with Crippen molar-refractivity contribution in [1.29, 1.82) is 0 Å². The van der Waals surface area contributed by atoms with Crippen LogP contribution in [0.15, 0.2) is 6.33 Å². The number of methoxy groups -OCH3 is 1. The van der Waals surface area contributed by atoms with Gasteiger partial charge in [0.2, 0.25) is 5.75 Å². The molecule has 1 aliphatic rings. The monoisotopic (exact) mass is 254 g/mol. The van der Waals surface area contributed by atoms with E-state index in [1.165, 1.54) is 6.33 Å². The lowest BCUT2D eigenvalue weighted by Crippen LogP contribution is -2.43. The van der Waals surface area contributed by atoms with Crippen molar-refractivity contribution in [1.82, 2.24) is 9.97 Å². The molecular weight excluding hydrogens is 236 g/mol. The third kappa shape index (κ3) is 2.57. The van der Waals surface area contributed by atoms with Crippen LogP contribution in [0.1, 0.15) is 13.8 Å². The van der Waals surface area contributed by atoms with E-state index in [1.54, 1.807) is 7.11 Å². The molecule has 2 heterocycles. The highest BCUT2D eigenvalue weighted by Gasteiger charge is 2.29. The van der Waals surface area contributed by atoms with Crippen LogP contribution in [0, 0.1) is 0 Å². The van der Waals surface area contributed by atoms with Gasteiger partial charge in [-0.15, -0.1) is 0 Å². The molecule has 0 aromatic carbocycles. The fourth-order valence-electron chi connectivity index (χ4n) is 2.00. The molecule has 2 N–H and O–H groups in total. The molecule has 0 saturated carbocycles. The van der Waals surface area contributed by atoms with Crippen LogP contribution in [0.5, 0.6) is 5.75 Å². The molecule has 94 valence electrons. The first-order chi connectivity index (χ1) is 8.03. The molecule has 0 radical (unpaired) electrons. The summed E-state index contributed by atoms with van der Waals surface area (Å²) in [6.07, 6.45) is 1.49. The van der Waals surface area contributed by atoms with Gasteiger partial charge in [-0.1, -0.05) is 0 Å². The minimum Gasteiger partial charge on any atom is -0.490 e. The maximum Gasteiger partial charge on any atom is 0.204 e. The van der Waals surface area contributed by atoms with Crippen LogP contribution in [0.3, 0.4) is 0 Å². The van der Waals surface area contributed by atoms with Crippen LogP contribution in [0.4, 0.5) is 11.6 Å². The van der Waals surface area contributed by atoms with Gasteiger partial charge in [0, 0.05) is 23.6 Å². The van der Waals surface area contributed by atoms with Crippen LogP contribution in [-0.4, -0.2) is 40.7 Å². The Kier molecular flexibility index (Phi) is 3.33. The Bertz CT molecular complexity index is 410. The van der Waals surface area contributed by atoms with Gasteiger partial charge < -0.3 is 15.4 Å². The predicted octanol–water partition coefficient (Wildman–Crippen LogP) is 1.40. The molecule has 0 atom stereocenters. The molecular formula is C11H18N4OS. The zero-order valence-corrected chi connectivity index (χ0v) is 11.3. The lowest BCUT2D eigenvalue weighted by atomic mass is 10.2. The molecule has 1 aromatic heterocycles. The molecule has 0 bridgehead atoms. The van der Waals surface area contributed by atoms with Crippen molar-refractivity contribution in [2.45, 2.75) is 18.6 Å². The molecule has 1 fully saturated rings. The topological polar surface area (TPSA) is 64.3 Å². The second-order valence-corrected chi connectivity index (χ2v) is 6.45. The summed E-state index contributed by atoms with van der Waals surface area (Å²) >= 11 is 1.98. The number of aromatic nitrogens is 2. The number of thioether (sulfide) groups is 1. The van der Waals surface area contributed by atoms with Gasteiger partial charge in [-0.3, -0.25) is 0 Å². The molecule has 0 spiro atoms. The third-order valence-corrected chi connectivity index (χ3v) is 4.04. The highest BCUT2D eigenvalue weighted by Crippen LogP contribution is 2.36. The minimum atomic E-state index is 0.225. The van der Waals surface area contributed by atoms with Gasteiger partial charge in [0.05, 0.1) is 7.11 Å². The van der Waals surface area contributed by atoms with E-state index in [-0.39, 0.29) is 4.75 Å². The molecule has 5 nitrogen and oxygen atoms in total. The highest BCUT2D eigenvalue weighted by molar-refractivity contribution is 8.00. The van der Waals surface area contributed by atoms with E-state index in [9.17, 15) is 0 Å². The zero-order chi connectivity index (χ0) is 12.5. The first kappa shape index (κ1) is 12.3. The Morgan fingerprint density at radius 1 is 1.47 bits per heavy atom. The largest absolute Gasteiger partial charge is 0.490 e. The number of ether oxygens (including phenoxy) is 1. The van der Waals surface area contributed by atoms with E-state index in [0.29, 0.717) is 11.6 Å². The average Bonchev–Trinajstić information content (AvgIpc) is 2.27. The molecule has 1 saturated heterocycles. The summed E-state index contributed by atoms with van der Waals surface area (Å²) in [4.78, 5) is 10.5. The van der Waals surface area contributed by atoms with E-state index >= 15 is 0 Å². The Morgan fingerprint density at radius 3 is 2.88 bits per heavy atom. The smallest absolute Gasteiger partial charge is 0.204 e. The van der Waals surface area contributed by atoms with Gasteiger partial charge in [0.1, 0.15) is 6.33 Å². The average molecular weight is 254 g/mol. The number of rotatable bonds is 2. The molecule has 1 aliphatic heterocycles. The fraction of sp³-hybridized carbons (Fsp3) is 0.636. The lowest BCUT2D eigenvalue weighted by Gasteiger charge is -2.38. The van der Waals surface area contributed by atoms with Crippen LogP contribution in [0.2, 0.25) is 0 Å². The SMILES string of the molecule is COc1c(N)ncnc1N1CCSC(C)(C)C1. The maximum absolute atomic E-state index is 5.80. The van der Waals surface area contributed by atoms with Gasteiger partial charge in [0.25, 0.3) is 0 Å². The van der Waals surface area contributed by atoms with Crippen molar-refractivity contribution in [3.05, 3.63) is 6.33 Å². The fourth-order valence-corrected chi connectivity index (χ4v) is 3.11. The van der Waals surface area contributed by atoms with Gasteiger partial charge in [-0.2, -0.15) is 11.8 Å². The number of hydrogen-bond acceptors (Lipinski definition) is 6. The normalized spacial score (nSPS) is 19.1. The Balaban J connectivity index is 2.30. The van der Waals surface area contributed by atoms with Crippen LogP contribution >= 0.6 is 11.8 Å². The quantitative estimate of drug-likeness (QED) is 0.860. The van der Waals surface area contributed by atoms with Gasteiger partial charge in [-0.05, 0) is 13.8 Å². The second-order valence-electron chi connectivity index (χ2n) is 4.65. The summed E-state index contributed by atoms with van der Waals surface area (Å²) in [5, 5.41) is 0. The van der Waals surface area contributed by atoms with Crippen molar-refractivity contribution in [2.75, 3.05) is 36.6 Å². The third-order valence-electron chi connectivity index (χ3n) is 2.74. The van der Waals surface area contributed by atoms with Crippen molar-refractivity contribution in [2.24, 2.45) is 0 Å². The number of nitrogens with two attached hydrogens (primary N) is 1. The zero-order valence-electron chi connectivity index (χ0n) is 10.4. The Morgan fingerprint density at radius 2 is 2.24 bits per heavy atom. The first-order valence-corrected chi connectivity index (χ1v) is 6.55. The van der Waals surface area contributed by atoms with Crippen molar-refractivity contribution < 1.29 is 4.74 Å². The number of anilines is 2.